The van der Waals surface area contributed by atoms with E-state index in [4.69, 9.17) is 0 Å². The summed E-state index contributed by atoms with van der Waals surface area (Å²) in [5, 5.41) is 3.57. The van der Waals surface area contributed by atoms with Gasteiger partial charge in [-0.15, -0.1) is 12.4 Å². The fourth-order valence-corrected chi connectivity index (χ4v) is 3.05. The summed E-state index contributed by atoms with van der Waals surface area (Å²) in [4.78, 5) is 3.94. The molecule has 84 valence electrons. The summed E-state index contributed by atoms with van der Waals surface area (Å²) >= 11 is 0. The SMILES string of the molecule is Cl.O=S(Cc1ccncc1)[C@H]1CCNC1. The number of pyridine rings is 1. The fourth-order valence-electron chi connectivity index (χ4n) is 1.61. The summed E-state index contributed by atoms with van der Waals surface area (Å²) in [5.41, 5.74) is 1.12. The molecule has 15 heavy (non-hydrogen) atoms. The molecule has 0 spiro atoms. The van der Waals surface area contributed by atoms with E-state index >= 15 is 0 Å². The number of hydrogen-bond donors (Lipinski definition) is 1. The lowest BCUT2D eigenvalue weighted by atomic mass is 10.3. The van der Waals surface area contributed by atoms with Crippen LogP contribution in [0, 0.1) is 0 Å². The standard InChI is InChI=1S/C10H14N2OS.ClH/c13-14(10-3-6-12-7-10)8-9-1-4-11-5-2-9;/h1-2,4-5,10,12H,3,6-8H2;1H/t10-,14?;/m0./s1. The molecule has 2 heterocycles. The van der Waals surface area contributed by atoms with Gasteiger partial charge in [0, 0.05) is 40.7 Å². The molecule has 1 aliphatic heterocycles. The molecule has 1 aromatic rings. The minimum absolute atomic E-state index is 0. The molecular weight excluding hydrogens is 232 g/mol. The highest BCUT2D eigenvalue weighted by Gasteiger charge is 2.20. The summed E-state index contributed by atoms with van der Waals surface area (Å²) in [7, 11) is -0.737. The van der Waals surface area contributed by atoms with Crippen LogP contribution in [0.3, 0.4) is 0 Å². The van der Waals surface area contributed by atoms with Gasteiger partial charge < -0.3 is 5.32 Å². The van der Waals surface area contributed by atoms with E-state index in [1.165, 1.54) is 0 Å². The van der Waals surface area contributed by atoms with Crippen molar-refractivity contribution in [3.05, 3.63) is 30.1 Å². The summed E-state index contributed by atoms with van der Waals surface area (Å²) in [6.45, 7) is 1.91. The Hall–Kier alpha value is -0.450. The summed E-state index contributed by atoms with van der Waals surface area (Å²) in [6.07, 6.45) is 4.54. The van der Waals surface area contributed by atoms with Crippen LogP contribution < -0.4 is 5.32 Å². The number of rotatable bonds is 3. The molecule has 0 aliphatic carbocycles. The Balaban J connectivity index is 0.00000112. The van der Waals surface area contributed by atoms with Gasteiger partial charge in [-0.3, -0.25) is 9.19 Å². The average Bonchev–Trinajstić information content (AvgIpc) is 2.72. The van der Waals surface area contributed by atoms with Crippen molar-refractivity contribution in [3.8, 4) is 0 Å². The molecule has 1 aromatic heterocycles. The van der Waals surface area contributed by atoms with Crippen molar-refractivity contribution in [1.82, 2.24) is 10.3 Å². The quantitative estimate of drug-likeness (QED) is 0.869. The monoisotopic (exact) mass is 246 g/mol. The predicted octanol–water partition coefficient (Wildman–Crippen LogP) is 1.11. The molecule has 1 fully saturated rings. The van der Waals surface area contributed by atoms with E-state index < -0.39 is 10.8 Å². The highest BCUT2D eigenvalue weighted by molar-refractivity contribution is 7.84. The number of nitrogens with zero attached hydrogens (tertiary/aromatic N) is 1. The van der Waals surface area contributed by atoms with Gasteiger partial charge in [0.05, 0.1) is 0 Å². The van der Waals surface area contributed by atoms with Gasteiger partial charge in [0.1, 0.15) is 0 Å². The largest absolute Gasteiger partial charge is 0.315 e. The maximum Gasteiger partial charge on any atom is 0.0490 e. The topological polar surface area (TPSA) is 42.0 Å². The van der Waals surface area contributed by atoms with Crippen LogP contribution in [0.1, 0.15) is 12.0 Å². The van der Waals surface area contributed by atoms with E-state index in [9.17, 15) is 4.21 Å². The van der Waals surface area contributed by atoms with E-state index in [1.807, 2.05) is 12.1 Å². The normalized spacial score (nSPS) is 22.0. The molecule has 0 bridgehead atoms. The Kier molecular flexibility index (Phi) is 5.22. The van der Waals surface area contributed by atoms with Crippen LogP contribution in [0.4, 0.5) is 0 Å². The Bertz CT molecular complexity index is 314. The first-order chi connectivity index (χ1) is 6.86. The zero-order valence-electron chi connectivity index (χ0n) is 8.39. The fraction of sp³-hybridized carbons (Fsp3) is 0.500. The second-order valence-electron chi connectivity index (χ2n) is 3.50. The van der Waals surface area contributed by atoms with Crippen molar-refractivity contribution in [1.29, 1.82) is 0 Å². The van der Waals surface area contributed by atoms with Crippen LogP contribution in [-0.2, 0) is 16.6 Å². The van der Waals surface area contributed by atoms with Gasteiger partial charge in [0.15, 0.2) is 0 Å². The highest BCUT2D eigenvalue weighted by atomic mass is 35.5. The number of aromatic nitrogens is 1. The molecule has 5 heteroatoms. The first kappa shape index (κ1) is 12.6. The first-order valence-corrected chi connectivity index (χ1v) is 6.21. The third-order valence-electron chi connectivity index (χ3n) is 2.45. The lowest BCUT2D eigenvalue weighted by molar-refractivity contribution is 0.672. The molecule has 1 saturated heterocycles. The van der Waals surface area contributed by atoms with Crippen molar-refractivity contribution >= 4 is 23.2 Å². The third kappa shape index (κ3) is 3.55. The zero-order valence-corrected chi connectivity index (χ0v) is 10.0. The van der Waals surface area contributed by atoms with Gasteiger partial charge in [0.25, 0.3) is 0 Å². The van der Waals surface area contributed by atoms with Crippen molar-refractivity contribution in [3.63, 3.8) is 0 Å². The van der Waals surface area contributed by atoms with Gasteiger partial charge in [-0.1, -0.05) is 0 Å². The van der Waals surface area contributed by atoms with Crippen molar-refractivity contribution < 1.29 is 4.21 Å². The average molecular weight is 247 g/mol. The Morgan fingerprint density at radius 3 is 2.80 bits per heavy atom. The number of halogens is 1. The van der Waals surface area contributed by atoms with Gasteiger partial charge in [-0.2, -0.15) is 0 Å². The minimum atomic E-state index is -0.737. The van der Waals surface area contributed by atoms with Crippen LogP contribution in [0.25, 0.3) is 0 Å². The van der Waals surface area contributed by atoms with Crippen LogP contribution in [0.5, 0.6) is 0 Å². The lowest BCUT2D eigenvalue weighted by Crippen LogP contribution is -2.19. The molecule has 0 saturated carbocycles. The molecule has 1 unspecified atom stereocenters. The van der Waals surface area contributed by atoms with Crippen molar-refractivity contribution in [2.24, 2.45) is 0 Å². The van der Waals surface area contributed by atoms with Gasteiger partial charge in [0.2, 0.25) is 0 Å². The second kappa shape index (κ2) is 6.20. The van der Waals surface area contributed by atoms with Gasteiger partial charge in [-0.25, -0.2) is 0 Å². The Labute approximate surface area is 98.5 Å². The third-order valence-corrected chi connectivity index (χ3v) is 4.21. The zero-order chi connectivity index (χ0) is 9.80. The number of hydrogen-bond acceptors (Lipinski definition) is 3. The summed E-state index contributed by atoms with van der Waals surface area (Å²) in [5.74, 6) is 0.662. The molecular formula is C10H15ClN2OS. The molecule has 2 rings (SSSR count). The molecule has 0 radical (unpaired) electrons. The van der Waals surface area contributed by atoms with E-state index in [0.29, 0.717) is 11.0 Å². The van der Waals surface area contributed by atoms with Crippen molar-refractivity contribution in [2.75, 3.05) is 13.1 Å². The van der Waals surface area contributed by atoms with Gasteiger partial charge >= 0.3 is 0 Å². The highest BCUT2D eigenvalue weighted by Crippen LogP contribution is 2.11. The second-order valence-corrected chi connectivity index (χ2v) is 5.21. The van der Waals surface area contributed by atoms with Crippen LogP contribution in [0.15, 0.2) is 24.5 Å². The number of nitrogens with one attached hydrogen (secondary N) is 1. The van der Waals surface area contributed by atoms with E-state index in [0.717, 1.165) is 25.1 Å². The molecule has 3 nitrogen and oxygen atoms in total. The predicted molar refractivity (Wildman–Crippen MR) is 64.6 cm³/mol. The molecule has 1 N–H and O–H groups in total. The van der Waals surface area contributed by atoms with E-state index in [2.05, 4.69) is 10.3 Å². The molecule has 0 aromatic carbocycles. The van der Waals surface area contributed by atoms with E-state index in [1.54, 1.807) is 12.4 Å². The molecule has 2 atom stereocenters. The minimum Gasteiger partial charge on any atom is -0.315 e. The van der Waals surface area contributed by atoms with E-state index in [-0.39, 0.29) is 12.4 Å². The Morgan fingerprint density at radius 1 is 1.47 bits per heavy atom. The lowest BCUT2D eigenvalue weighted by Gasteiger charge is -2.07. The Morgan fingerprint density at radius 2 is 2.20 bits per heavy atom. The van der Waals surface area contributed by atoms with Crippen LogP contribution in [0.2, 0.25) is 0 Å². The van der Waals surface area contributed by atoms with Gasteiger partial charge in [-0.05, 0) is 30.7 Å². The van der Waals surface area contributed by atoms with Crippen LogP contribution >= 0.6 is 12.4 Å². The summed E-state index contributed by atoms with van der Waals surface area (Å²) < 4.78 is 11.9. The summed E-state index contributed by atoms with van der Waals surface area (Å²) in [6, 6.07) is 3.86. The van der Waals surface area contributed by atoms with Crippen molar-refractivity contribution in [2.45, 2.75) is 17.4 Å². The van der Waals surface area contributed by atoms with Crippen LogP contribution in [-0.4, -0.2) is 27.5 Å². The molecule has 0 amide bonds. The first-order valence-electron chi connectivity index (χ1n) is 4.83. The smallest absolute Gasteiger partial charge is 0.0490 e. The maximum atomic E-state index is 11.9. The maximum absolute atomic E-state index is 11.9. The molecule has 1 aliphatic rings.